The summed E-state index contributed by atoms with van der Waals surface area (Å²) in [5.41, 5.74) is 0.710. The maximum absolute atomic E-state index is 13.4. The predicted octanol–water partition coefficient (Wildman–Crippen LogP) is 3.59. The molecular weight excluding hydrogens is 384 g/mol. The number of fused-ring (bicyclic) bond motifs is 6. The molecule has 0 radical (unpaired) electrons. The van der Waals surface area contributed by atoms with Crippen LogP contribution >= 0.6 is 0 Å². The van der Waals surface area contributed by atoms with Crippen molar-refractivity contribution in [3.63, 3.8) is 0 Å². The first kappa shape index (κ1) is 19.7. The zero-order valence-electron chi connectivity index (χ0n) is 18.2. The van der Waals surface area contributed by atoms with E-state index in [1.807, 2.05) is 0 Å². The third-order valence-corrected chi connectivity index (χ3v) is 9.80. The second kappa shape index (κ2) is 6.53. The molecule has 0 bridgehead atoms. The lowest BCUT2D eigenvalue weighted by atomic mass is 9.47. The number of rotatable bonds is 1. The second-order valence-electron chi connectivity index (χ2n) is 10.5. The highest BCUT2D eigenvalue weighted by Gasteiger charge is 2.69. The van der Waals surface area contributed by atoms with Crippen LogP contribution in [0.3, 0.4) is 0 Å². The van der Waals surface area contributed by atoms with E-state index in [-0.39, 0.29) is 11.4 Å². The number of esters is 1. The number of ether oxygens (including phenoxy) is 5. The van der Waals surface area contributed by atoms with Crippen LogP contribution in [0.15, 0.2) is 11.6 Å². The van der Waals surface area contributed by atoms with Crippen LogP contribution < -0.4 is 0 Å². The van der Waals surface area contributed by atoms with Gasteiger partial charge in [0.1, 0.15) is 0 Å². The zero-order valence-corrected chi connectivity index (χ0v) is 18.2. The van der Waals surface area contributed by atoms with E-state index < -0.39 is 17.0 Å². The minimum absolute atomic E-state index is 0.0287. The van der Waals surface area contributed by atoms with Crippen molar-refractivity contribution in [1.82, 2.24) is 0 Å². The molecule has 0 aromatic rings. The van der Waals surface area contributed by atoms with Crippen LogP contribution in [0.2, 0.25) is 0 Å². The predicted molar refractivity (Wildman–Crippen MR) is 107 cm³/mol. The molecule has 5 atom stereocenters. The Morgan fingerprint density at radius 2 is 1.67 bits per heavy atom. The Balaban J connectivity index is 1.38. The van der Waals surface area contributed by atoms with E-state index in [9.17, 15) is 4.79 Å². The second-order valence-corrected chi connectivity index (χ2v) is 10.5. The summed E-state index contributed by atoms with van der Waals surface area (Å²) < 4.78 is 30.0. The average molecular weight is 419 g/mol. The van der Waals surface area contributed by atoms with Gasteiger partial charge in [-0.2, -0.15) is 0 Å². The van der Waals surface area contributed by atoms with Crippen molar-refractivity contribution in [3.8, 4) is 0 Å². The molecule has 2 aliphatic heterocycles. The third-order valence-electron chi connectivity index (χ3n) is 9.80. The minimum Gasteiger partial charge on any atom is -0.468 e. The van der Waals surface area contributed by atoms with E-state index in [2.05, 4.69) is 13.0 Å². The molecule has 2 saturated heterocycles. The Bertz CT molecular complexity index is 764. The van der Waals surface area contributed by atoms with Crippen molar-refractivity contribution >= 4 is 5.97 Å². The molecule has 0 N–H and O–H groups in total. The van der Waals surface area contributed by atoms with Gasteiger partial charge in [-0.15, -0.1) is 0 Å². The molecule has 4 aliphatic carbocycles. The molecule has 6 rings (SSSR count). The van der Waals surface area contributed by atoms with Gasteiger partial charge < -0.3 is 23.7 Å². The number of hydrogen-bond donors (Lipinski definition) is 0. The van der Waals surface area contributed by atoms with E-state index in [0.29, 0.717) is 50.6 Å². The number of methoxy groups -OCH3 is 1. The molecule has 0 unspecified atom stereocenters. The van der Waals surface area contributed by atoms with Crippen LogP contribution in [0.25, 0.3) is 0 Å². The first-order valence-electron chi connectivity index (χ1n) is 11.8. The fourth-order valence-electron chi connectivity index (χ4n) is 8.46. The smallest absolute Gasteiger partial charge is 0.316 e. The fourth-order valence-corrected chi connectivity index (χ4v) is 8.46. The SMILES string of the molecule is COC(=O)[C@]12CCC3(CC1=CC[C@@H]1[C@H]2CC[C@@]2(C)[C@@H]1CCC21OCCO1)OCCO3. The Labute approximate surface area is 178 Å². The van der Waals surface area contributed by atoms with Gasteiger partial charge in [0, 0.05) is 24.7 Å². The molecule has 0 amide bonds. The molecular formula is C24H34O6. The molecule has 2 heterocycles. The summed E-state index contributed by atoms with van der Waals surface area (Å²) in [4.78, 5) is 13.4. The third kappa shape index (κ3) is 2.31. The average Bonchev–Trinajstić information content (AvgIpc) is 3.49. The van der Waals surface area contributed by atoms with Crippen molar-refractivity contribution in [2.24, 2.45) is 28.6 Å². The van der Waals surface area contributed by atoms with Gasteiger partial charge in [-0.05, 0) is 49.9 Å². The molecule has 2 spiro atoms. The van der Waals surface area contributed by atoms with Crippen LogP contribution in [0.5, 0.6) is 0 Å². The monoisotopic (exact) mass is 418 g/mol. The number of hydrogen-bond acceptors (Lipinski definition) is 6. The first-order valence-corrected chi connectivity index (χ1v) is 11.8. The fraction of sp³-hybridized carbons (Fsp3) is 0.875. The van der Waals surface area contributed by atoms with E-state index in [4.69, 9.17) is 23.7 Å². The van der Waals surface area contributed by atoms with Crippen LogP contribution in [0.1, 0.15) is 58.3 Å². The van der Waals surface area contributed by atoms with Gasteiger partial charge in [-0.3, -0.25) is 4.79 Å². The lowest BCUT2D eigenvalue weighted by Crippen LogP contribution is -2.58. The topological polar surface area (TPSA) is 63.2 Å². The highest BCUT2D eigenvalue weighted by Crippen LogP contribution is 2.69. The number of carbonyl (C=O) groups excluding carboxylic acids is 1. The zero-order chi connectivity index (χ0) is 20.6. The Kier molecular flexibility index (Phi) is 4.29. The Morgan fingerprint density at radius 1 is 0.967 bits per heavy atom. The molecule has 3 saturated carbocycles. The quantitative estimate of drug-likeness (QED) is 0.479. The van der Waals surface area contributed by atoms with E-state index in [1.165, 1.54) is 5.57 Å². The van der Waals surface area contributed by atoms with Gasteiger partial charge >= 0.3 is 5.97 Å². The van der Waals surface area contributed by atoms with E-state index in [1.54, 1.807) is 7.11 Å². The van der Waals surface area contributed by atoms with Gasteiger partial charge in [-0.25, -0.2) is 0 Å². The van der Waals surface area contributed by atoms with Crippen molar-refractivity contribution in [1.29, 1.82) is 0 Å². The summed E-state index contributed by atoms with van der Waals surface area (Å²) in [6.07, 6.45) is 9.75. The summed E-state index contributed by atoms with van der Waals surface area (Å²) in [7, 11) is 1.54. The first-order chi connectivity index (χ1) is 14.5. The van der Waals surface area contributed by atoms with Gasteiger partial charge in [0.15, 0.2) is 11.6 Å². The lowest BCUT2D eigenvalue weighted by molar-refractivity contribution is -0.244. The summed E-state index contributed by atoms with van der Waals surface area (Å²) >= 11 is 0. The van der Waals surface area contributed by atoms with Crippen molar-refractivity contribution in [2.45, 2.75) is 69.9 Å². The molecule has 6 aliphatic rings. The number of carbonyl (C=O) groups is 1. The lowest BCUT2D eigenvalue weighted by Gasteiger charge is -2.58. The Morgan fingerprint density at radius 3 is 2.40 bits per heavy atom. The summed E-state index contributed by atoms with van der Waals surface area (Å²) in [6.45, 7) is 5.08. The van der Waals surface area contributed by atoms with Crippen molar-refractivity contribution in [3.05, 3.63) is 11.6 Å². The van der Waals surface area contributed by atoms with Gasteiger partial charge in [0.05, 0.1) is 39.0 Å². The molecule has 0 aromatic carbocycles. The highest BCUT2D eigenvalue weighted by atomic mass is 16.7. The van der Waals surface area contributed by atoms with Crippen molar-refractivity contribution < 1.29 is 28.5 Å². The van der Waals surface area contributed by atoms with Crippen LogP contribution in [-0.2, 0) is 28.5 Å². The molecule has 6 heteroatoms. The number of allylic oxidation sites excluding steroid dienone is 1. The summed E-state index contributed by atoms with van der Waals surface area (Å²) in [6, 6.07) is 0. The summed E-state index contributed by atoms with van der Waals surface area (Å²) in [5, 5.41) is 0. The van der Waals surface area contributed by atoms with E-state index in [0.717, 1.165) is 44.9 Å². The standard InChI is InChI=1S/C24H34O6/c1-21-7-5-19-17(18(21)6-8-24(21)29-13-14-30-24)4-3-16-15-22(27-11-12-28-22)9-10-23(16,19)20(25)26-2/h3,17-19H,4-15H2,1-2H3/t17-,18+,19+,21-,23+/m0/s1. The highest BCUT2D eigenvalue weighted by molar-refractivity contribution is 5.82. The molecule has 6 nitrogen and oxygen atoms in total. The minimum atomic E-state index is -0.525. The largest absolute Gasteiger partial charge is 0.468 e. The Hall–Kier alpha value is -0.950. The van der Waals surface area contributed by atoms with Gasteiger partial charge in [-0.1, -0.05) is 18.6 Å². The summed E-state index contributed by atoms with van der Waals surface area (Å²) in [5.74, 6) is 0.316. The maximum atomic E-state index is 13.4. The van der Waals surface area contributed by atoms with Crippen LogP contribution in [-0.4, -0.2) is 51.1 Å². The normalized spacial score (nSPS) is 45.7. The van der Waals surface area contributed by atoms with E-state index >= 15 is 0 Å². The van der Waals surface area contributed by atoms with Crippen LogP contribution in [0, 0.1) is 28.6 Å². The maximum Gasteiger partial charge on any atom is 0.316 e. The van der Waals surface area contributed by atoms with Crippen LogP contribution in [0.4, 0.5) is 0 Å². The van der Waals surface area contributed by atoms with Gasteiger partial charge in [0.25, 0.3) is 0 Å². The molecule has 166 valence electrons. The van der Waals surface area contributed by atoms with Crippen molar-refractivity contribution in [2.75, 3.05) is 33.5 Å². The molecule has 5 fully saturated rings. The molecule has 30 heavy (non-hydrogen) atoms. The molecule has 0 aromatic heterocycles. The van der Waals surface area contributed by atoms with Gasteiger partial charge in [0.2, 0.25) is 0 Å².